The van der Waals surface area contributed by atoms with Crippen molar-refractivity contribution in [1.82, 2.24) is 4.57 Å². The van der Waals surface area contributed by atoms with Gasteiger partial charge in [0, 0.05) is 47.0 Å². The van der Waals surface area contributed by atoms with Crippen molar-refractivity contribution in [1.29, 1.82) is 0 Å². The Labute approximate surface area is 203 Å². The monoisotopic (exact) mass is 433 g/mol. The summed E-state index contributed by atoms with van der Waals surface area (Å²) in [7, 11) is 0. The zero-order valence-corrected chi connectivity index (χ0v) is 20.0. The molecule has 3 rings (SSSR count). The summed E-state index contributed by atoms with van der Waals surface area (Å²) in [5.41, 5.74) is 3.61. The molecule has 2 aromatic carbocycles. The maximum atomic E-state index is 13.5. The Balaban J connectivity index is 0.00000341. The Hall–Kier alpha value is -1.96. The van der Waals surface area contributed by atoms with Crippen molar-refractivity contribution in [2.45, 2.75) is 44.9 Å². The first-order chi connectivity index (χ1) is 14.3. The molecule has 2 atom stereocenters. The molecule has 0 bridgehead atoms. The molecule has 1 heterocycles. The van der Waals surface area contributed by atoms with Crippen molar-refractivity contribution >= 4 is 22.9 Å². The van der Waals surface area contributed by atoms with Crippen LogP contribution in [0.3, 0.4) is 0 Å². The average molecular weight is 433 g/mol. The largest absolute Gasteiger partial charge is 1.00 e. The predicted octanol–water partition coefficient (Wildman–Crippen LogP) is 0.297. The second-order valence-corrected chi connectivity index (χ2v) is 7.64. The maximum absolute atomic E-state index is 13.5. The van der Waals surface area contributed by atoms with Crippen LogP contribution >= 0.6 is 0 Å². The second-order valence-electron chi connectivity index (χ2n) is 7.64. The van der Waals surface area contributed by atoms with Gasteiger partial charge >= 0.3 is 29.6 Å². The van der Waals surface area contributed by atoms with E-state index < -0.39 is 24.6 Å². The topological polar surface area (TPSA) is 85.5 Å². The SMILES string of the molecule is CC(C)n1c(C=C[C@@H](O)C[C@@H](O)CC(=O)[O-])c(-c2ccc(F)cc2)c2ccccc21.[Na+]. The number of fused-ring (bicyclic) bond motifs is 1. The molecule has 31 heavy (non-hydrogen) atoms. The molecule has 7 heteroatoms. The molecular formula is C24H25FNNaO4. The molecule has 3 aromatic rings. The van der Waals surface area contributed by atoms with Gasteiger partial charge in [0.25, 0.3) is 0 Å². The van der Waals surface area contributed by atoms with Gasteiger partial charge in [-0.2, -0.15) is 0 Å². The molecule has 5 nitrogen and oxygen atoms in total. The molecule has 0 saturated carbocycles. The van der Waals surface area contributed by atoms with E-state index in [4.69, 9.17) is 0 Å². The van der Waals surface area contributed by atoms with Gasteiger partial charge in [0.15, 0.2) is 0 Å². The molecular weight excluding hydrogens is 408 g/mol. The van der Waals surface area contributed by atoms with E-state index in [0.29, 0.717) is 0 Å². The third-order valence-electron chi connectivity index (χ3n) is 4.99. The minimum atomic E-state index is -1.36. The summed E-state index contributed by atoms with van der Waals surface area (Å²) >= 11 is 0. The summed E-state index contributed by atoms with van der Waals surface area (Å²) in [5.74, 6) is -1.68. The molecule has 2 N–H and O–H groups in total. The number of aliphatic hydroxyl groups is 2. The van der Waals surface area contributed by atoms with Crippen molar-refractivity contribution < 1.29 is 54.1 Å². The van der Waals surface area contributed by atoms with Crippen molar-refractivity contribution in [2.24, 2.45) is 0 Å². The summed E-state index contributed by atoms with van der Waals surface area (Å²) in [6.45, 7) is 4.11. The van der Waals surface area contributed by atoms with Crippen LogP contribution in [-0.2, 0) is 4.79 Å². The number of aliphatic carboxylic acids is 1. The van der Waals surface area contributed by atoms with Crippen LogP contribution in [0.1, 0.15) is 38.4 Å². The number of aromatic nitrogens is 1. The molecule has 0 unspecified atom stereocenters. The third kappa shape index (κ3) is 6.05. The molecule has 0 fully saturated rings. The quantitative estimate of drug-likeness (QED) is 0.501. The van der Waals surface area contributed by atoms with Crippen LogP contribution in [0.25, 0.3) is 28.1 Å². The fourth-order valence-electron chi connectivity index (χ4n) is 3.76. The molecule has 158 valence electrons. The number of rotatable bonds is 8. The van der Waals surface area contributed by atoms with Crippen molar-refractivity contribution in [2.75, 3.05) is 0 Å². The van der Waals surface area contributed by atoms with Crippen LogP contribution in [0.5, 0.6) is 0 Å². The summed E-state index contributed by atoms with van der Waals surface area (Å²) in [6.07, 6.45) is 0.450. The zero-order chi connectivity index (χ0) is 21.8. The van der Waals surface area contributed by atoms with E-state index in [2.05, 4.69) is 18.4 Å². The molecule has 0 saturated heterocycles. The van der Waals surface area contributed by atoms with Crippen molar-refractivity contribution in [3.05, 3.63) is 66.1 Å². The Morgan fingerprint density at radius 2 is 1.77 bits per heavy atom. The fourth-order valence-corrected chi connectivity index (χ4v) is 3.76. The first-order valence-corrected chi connectivity index (χ1v) is 9.91. The second kappa shape index (κ2) is 11.1. The Morgan fingerprint density at radius 1 is 1.13 bits per heavy atom. The first kappa shape index (κ1) is 25.3. The summed E-state index contributed by atoms with van der Waals surface area (Å²) in [4.78, 5) is 10.6. The number of benzene rings is 2. The molecule has 0 aliphatic carbocycles. The van der Waals surface area contributed by atoms with Crippen LogP contribution < -0.4 is 34.7 Å². The smallest absolute Gasteiger partial charge is 0.550 e. The third-order valence-corrected chi connectivity index (χ3v) is 4.99. The number of carboxylic acids is 1. The van der Waals surface area contributed by atoms with Gasteiger partial charge in [-0.3, -0.25) is 0 Å². The van der Waals surface area contributed by atoms with E-state index >= 15 is 0 Å². The molecule has 1 aromatic heterocycles. The summed E-state index contributed by atoms with van der Waals surface area (Å²) in [6, 6.07) is 14.3. The van der Waals surface area contributed by atoms with E-state index in [-0.39, 0.29) is 47.8 Å². The van der Waals surface area contributed by atoms with Gasteiger partial charge in [0.05, 0.1) is 12.2 Å². The van der Waals surface area contributed by atoms with Crippen molar-refractivity contribution in [3.63, 3.8) is 0 Å². The van der Waals surface area contributed by atoms with Gasteiger partial charge in [-0.15, -0.1) is 0 Å². The number of carbonyl (C=O) groups excluding carboxylic acids is 1. The van der Waals surface area contributed by atoms with Gasteiger partial charge < -0.3 is 24.7 Å². The number of hydrogen-bond acceptors (Lipinski definition) is 4. The van der Waals surface area contributed by atoms with Gasteiger partial charge in [-0.25, -0.2) is 4.39 Å². The Kier molecular flexibility index (Phi) is 9.03. The number of aliphatic hydroxyl groups excluding tert-OH is 2. The van der Waals surface area contributed by atoms with Gasteiger partial charge in [-0.05, 0) is 43.7 Å². The first-order valence-electron chi connectivity index (χ1n) is 9.91. The van der Waals surface area contributed by atoms with Crippen molar-refractivity contribution in [3.8, 4) is 11.1 Å². The minimum Gasteiger partial charge on any atom is -0.550 e. The van der Waals surface area contributed by atoms with Crippen LogP contribution in [0.4, 0.5) is 4.39 Å². The molecule has 0 amide bonds. The fraction of sp³-hybridized carbons (Fsp3) is 0.292. The standard InChI is InChI=1S/C24H26FNO4.Na/c1-15(2)26-21-6-4-3-5-20(21)24(16-7-9-17(25)10-8-16)22(26)12-11-18(27)13-19(28)14-23(29)30;/h3-12,15,18-19,27-28H,13-14H2,1-2H3,(H,29,30);/q;+1/p-1/t18-,19-;/m1./s1. The van der Waals surface area contributed by atoms with E-state index in [1.54, 1.807) is 24.3 Å². The molecule has 0 spiro atoms. The van der Waals surface area contributed by atoms with E-state index in [9.17, 15) is 24.5 Å². The normalized spacial score (nSPS) is 13.5. The zero-order valence-electron chi connectivity index (χ0n) is 18.0. The predicted molar refractivity (Wildman–Crippen MR) is 113 cm³/mol. The van der Waals surface area contributed by atoms with E-state index in [0.717, 1.165) is 27.7 Å². The van der Waals surface area contributed by atoms with Gasteiger partial charge in [0.1, 0.15) is 5.82 Å². The number of nitrogens with zero attached hydrogens (tertiary/aromatic N) is 1. The number of halogens is 1. The Bertz CT molecular complexity index is 1060. The van der Waals surface area contributed by atoms with Crippen LogP contribution in [0.2, 0.25) is 0 Å². The maximum Gasteiger partial charge on any atom is 1.00 e. The molecule has 0 aliphatic rings. The van der Waals surface area contributed by atoms with Gasteiger partial charge in [0.2, 0.25) is 0 Å². The molecule has 0 aliphatic heterocycles. The number of carbonyl (C=O) groups is 1. The number of para-hydroxylation sites is 1. The van der Waals surface area contributed by atoms with E-state index in [1.807, 2.05) is 24.3 Å². The summed E-state index contributed by atoms with van der Waals surface area (Å²) in [5, 5.41) is 31.6. The number of carboxylic acid groups (broad SMARTS) is 1. The van der Waals surface area contributed by atoms with E-state index in [1.165, 1.54) is 12.1 Å². The van der Waals surface area contributed by atoms with Crippen LogP contribution in [0.15, 0.2) is 54.6 Å². The molecule has 0 radical (unpaired) electrons. The van der Waals surface area contributed by atoms with Gasteiger partial charge in [-0.1, -0.05) is 36.4 Å². The minimum absolute atomic E-state index is 0. The number of hydrogen-bond donors (Lipinski definition) is 2. The Morgan fingerprint density at radius 3 is 2.39 bits per heavy atom. The average Bonchev–Trinajstić information content (AvgIpc) is 3.00. The van der Waals surface area contributed by atoms with Crippen LogP contribution in [0, 0.1) is 5.82 Å². The summed E-state index contributed by atoms with van der Waals surface area (Å²) < 4.78 is 15.6. The van der Waals surface area contributed by atoms with Crippen LogP contribution in [-0.4, -0.2) is 33.0 Å².